The van der Waals surface area contributed by atoms with E-state index in [-0.39, 0.29) is 0 Å². The lowest BCUT2D eigenvalue weighted by atomic mass is 9.85. The molecule has 0 N–H and O–H groups in total. The largest absolute Gasteiger partial charge is 0.439 e. The van der Waals surface area contributed by atoms with Crippen molar-refractivity contribution in [1.29, 1.82) is 0 Å². The van der Waals surface area contributed by atoms with E-state index < -0.39 is 0 Å². The summed E-state index contributed by atoms with van der Waals surface area (Å²) in [6.45, 7) is 2.10. The van der Waals surface area contributed by atoms with E-state index in [1.807, 2.05) is 48.8 Å². The highest BCUT2D eigenvalue weighted by Gasteiger charge is 2.20. The smallest absolute Gasteiger partial charge is 0.219 e. The summed E-state index contributed by atoms with van der Waals surface area (Å²) in [6, 6.07) is 13.7. The first-order chi connectivity index (χ1) is 11.8. The molecule has 1 aliphatic rings. The minimum atomic E-state index is 0.293. The number of fused-ring (bicyclic) bond motifs is 1. The van der Waals surface area contributed by atoms with Gasteiger partial charge in [-0.1, -0.05) is 30.3 Å². The van der Waals surface area contributed by atoms with Crippen LogP contribution >= 0.6 is 0 Å². The molecule has 0 fully saturated rings. The van der Waals surface area contributed by atoms with Crippen molar-refractivity contribution in [3.05, 3.63) is 84.1 Å². The Kier molecular flexibility index (Phi) is 3.79. The molecule has 2 aromatic heterocycles. The highest BCUT2D eigenvalue weighted by molar-refractivity contribution is 5.66. The fraction of sp³-hybridized carbons (Fsp3) is 0.150. The van der Waals surface area contributed by atoms with E-state index in [2.05, 4.69) is 34.0 Å². The summed E-state index contributed by atoms with van der Waals surface area (Å²) in [7, 11) is 0. The van der Waals surface area contributed by atoms with Gasteiger partial charge >= 0.3 is 0 Å². The zero-order chi connectivity index (χ0) is 16.4. The van der Waals surface area contributed by atoms with Crippen LogP contribution in [-0.4, -0.2) is 15.0 Å². The number of hydrogen-bond acceptors (Lipinski definition) is 4. The molecule has 0 saturated carbocycles. The van der Waals surface area contributed by atoms with Gasteiger partial charge in [0.05, 0.1) is 5.69 Å². The van der Waals surface area contributed by atoms with Crippen LogP contribution in [-0.2, 0) is 6.42 Å². The molecular weight excluding hydrogens is 298 g/mol. The van der Waals surface area contributed by atoms with Crippen molar-refractivity contribution >= 4 is 5.57 Å². The second-order valence-corrected chi connectivity index (χ2v) is 5.90. The maximum atomic E-state index is 5.75. The zero-order valence-electron chi connectivity index (χ0n) is 13.4. The van der Waals surface area contributed by atoms with Crippen LogP contribution in [0.4, 0.5) is 0 Å². The summed E-state index contributed by atoms with van der Waals surface area (Å²) in [4.78, 5) is 13.0. The average molecular weight is 315 g/mol. The van der Waals surface area contributed by atoms with Crippen LogP contribution in [0.3, 0.4) is 0 Å². The maximum absolute atomic E-state index is 5.75. The number of hydrogen-bond donors (Lipinski definition) is 0. The summed E-state index contributed by atoms with van der Waals surface area (Å²) in [5.41, 5.74) is 4.60. The van der Waals surface area contributed by atoms with E-state index >= 15 is 0 Å². The monoisotopic (exact) mass is 315 g/mol. The van der Waals surface area contributed by atoms with Gasteiger partial charge in [-0.25, -0.2) is 15.0 Å². The van der Waals surface area contributed by atoms with E-state index in [4.69, 9.17) is 4.74 Å². The molecule has 0 amide bonds. The Hall–Kier alpha value is -3.01. The third kappa shape index (κ3) is 2.91. The van der Waals surface area contributed by atoms with Gasteiger partial charge in [0.15, 0.2) is 0 Å². The summed E-state index contributed by atoms with van der Waals surface area (Å²) in [6.07, 6.45) is 8.56. The topological polar surface area (TPSA) is 47.9 Å². The number of rotatable bonds is 3. The fourth-order valence-corrected chi connectivity index (χ4v) is 3.03. The number of allylic oxidation sites excluding steroid dienone is 2. The van der Waals surface area contributed by atoms with Gasteiger partial charge in [0.2, 0.25) is 5.88 Å². The molecule has 118 valence electrons. The Balaban J connectivity index is 1.55. The lowest BCUT2D eigenvalue weighted by Crippen LogP contribution is -2.10. The lowest BCUT2D eigenvalue weighted by molar-refractivity contribution is 0.462. The van der Waals surface area contributed by atoms with Crippen LogP contribution in [0.2, 0.25) is 0 Å². The predicted molar refractivity (Wildman–Crippen MR) is 92.9 cm³/mol. The van der Waals surface area contributed by atoms with E-state index in [9.17, 15) is 0 Å². The lowest BCUT2D eigenvalue weighted by Gasteiger charge is -2.21. The molecule has 0 spiro atoms. The third-order valence-corrected chi connectivity index (χ3v) is 4.21. The molecule has 1 aromatic carbocycles. The predicted octanol–water partition coefficient (Wildman–Crippen LogP) is 4.41. The van der Waals surface area contributed by atoms with Crippen molar-refractivity contribution in [1.82, 2.24) is 15.0 Å². The van der Waals surface area contributed by atoms with E-state index in [0.29, 0.717) is 11.8 Å². The molecule has 0 saturated heterocycles. The van der Waals surface area contributed by atoms with Gasteiger partial charge in [-0.05, 0) is 42.2 Å². The van der Waals surface area contributed by atoms with Crippen molar-refractivity contribution in [2.45, 2.75) is 19.3 Å². The normalized spacial score (nSPS) is 16.2. The molecule has 4 rings (SSSR count). The molecule has 1 unspecified atom stereocenters. The van der Waals surface area contributed by atoms with Crippen molar-refractivity contribution < 1.29 is 4.74 Å². The molecule has 3 aromatic rings. The van der Waals surface area contributed by atoms with E-state index in [1.54, 1.807) is 6.33 Å². The third-order valence-electron chi connectivity index (χ3n) is 4.21. The molecule has 4 heteroatoms. The van der Waals surface area contributed by atoms with Crippen LogP contribution < -0.4 is 4.74 Å². The van der Waals surface area contributed by atoms with Crippen LogP contribution in [0, 0.1) is 0 Å². The van der Waals surface area contributed by atoms with Gasteiger partial charge in [-0.2, -0.15) is 0 Å². The first-order valence-electron chi connectivity index (χ1n) is 7.96. The van der Waals surface area contributed by atoms with E-state index in [1.165, 1.54) is 16.7 Å². The number of ether oxygens (including phenoxy) is 1. The zero-order valence-corrected chi connectivity index (χ0v) is 13.4. The minimum Gasteiger partial charge on any atom is -0.439 e. The summed E-state index contributed by atoms with van der Waals surface area (Å²) in [5, 5.41) is 0. The van der Waals surface area contributed by atoms with Crippen molar-refractivity contribution in [3.8, 4) is 11.6 Å². The molecule has 24 heavy (non-hydrogen) atoms. The molecule has 1 aliphatic carbocycles. The van der Waals surface area contributed by atoms with Crippen LogP contribution in [0.25, 0.3) is 5.57 Å². The van der Waals surface area contributed by atoms with E-state index in [0.717, 1.165) is 17.9 Å². The quantitative estimate of drug-likeness (QED) is 0.718. The molecule has 0 radical (unpaired) electrons. The minimum absolute atomic E-state index is 0.293. The number of benzene rings is 1. The second-order valence-electron chi connectivity index (χ2n) is 5.90. The highest BCUT2D eigenvalue weighted by atomic mass is 16.5. The number of aromatic nitrogens is 3. The molecule has 4 nitrogen and oxygen atoms in total. The summed E-state index contributed by atoms with van der Waals surface area (Å²) in [5.74, 6) is 1.68. The molecule has 0 bridgehead atoms. The van der Waals surface area contributed by atoms with Crippen molar-refractivity contribution in [3.63, 3.8) is 0 Å². The summed E-state index contributed by atoms with van der Waals surface area (Å²) >= 11 is 0. The Bertz CT molecular complexity index is 873. The SMILES string of the molecule is CC1=CC(c2ccc(Oc3ccccc3)nc2)Cc2cncnc21. The summed E-state index contributed by atoms with van der Waals surface area (Å²) < 4.78 is 5.75. The van der Waals surface area contributed by atoms with Crippen LogP contribution in [0.1, 0.15) is 29.7 Å². The molecule has 2 heterocycles. The van der Waals surface area contributed by atoms with Gasteiger partial charge in [0.1, 0.15) is 12.1 Å². The molecule has 1 atom stereocenters. The Morgan fingerprint density at radius 3 is 2.67 bits per heavy atom. The van der Waals surface area contributed by atoms with Crippen LogP contribution in [0.15, 0.2) is 67.3 Å². The van der Waals surface area contributed by atoms with Gasteiger partial charge < -0.3 is 4.74 Å². The first-order valence-corrected chi connectivity index (χ1v) is 7.96. The number of para-hydroxylation sites is 1. The Labute approximate surface area is 140 Å². The van der Waals surface area contributed by atoms with Crippen molar-refractivity contribution in [2.75, 3.05) is 0 Å². The van der Waals surface area contributed by atoms with Crippen molar-refractivity contribution in [2.24, 2.45) is 0 Å². The second kappa shape index (κ2) is 6.24. The maximum Gasteiger partial charge on any atom is 0.219 e. The average Bonchev–Trinajstić information content (AvgIpc) is 2.63. The fourth-order valence-electron chi connectivity index (χ4n) is 3.03. The first kappa shape index (κ1) is 14.6. The number of pyridine rings is 1. The Morgan fingerprint density at radius 1 is 1.00 bits per heavy atom. The van der Waals surface area contributed by atoms with Crippen LogP contribution in [0.5, 0.6) is 11.6 Å². The molecular formula is C20H17N3O. The number of nitrogens with zero attached hydrogens (tertiary/aromatic N) is 3. The van der Waals surface area contributed by atoms with Gasteiger partial charge in [0, 0.05) is 24.4 Å². The van der Waals surface area contributed by atoms with Gasteiger partial charge in [-0.3, -0.25) is 0 Å². The van der Waals surface area contributed by atoms with Gasteiger partial charge in [0.25, 0.3) is 0 Å². The standard InChI is InChI=1S/C20H17N3O/c1-14-9-16(10-17-11-21-13-23-20(14)17)15-7-8-19(22-12-15)24-18-5-3-2-4-6-18/h2-9,11-13,16H,10H2,1H3. The molecule has 0 aliphatic heterocycles. The highest BCUT2D eigenvalue weighted by Crippen LogP contribution is 2.33. The Morgan fingerprint density at radius 2 is 1.88 bits per heavy atom. The van der Waals surface area contributed by atoms with Gasteiger partial charge in [-0.15, -0.1) is 0 Å².